The van der Waals surface area contributed by atoms with Crippen molar-refractivity contribution in [1.29, 1.82) is 5.26 Å². The first-order valence-electron chi connectivity index (χ1n) is 9.62. The Labute approximate surface area is 177 Å². The number of nitrogens with zero attached hydrogens (tertiary/aromatic N) is 3. The molecule has 3 aromatic rings. The maximum Gasteiger partial charge on any atom is 0.269 e. The summed E-state index contributed by atoms with van der Waals surface area (Å²) in [5.74, 6) is -0.135. The smallest absolute Gasteiger partial charge is 0.269 e. The first kappa shape index (κ1) is 18.7. The molecule has 1 amide bonds. The van der Waals surface area contributed by atoms with Crippen molar-refractivity contribution in [3.05, 3.63) is 66.1 Å². The lowest BCUT2D eigenvalue weighted by atomic mass is 10.1. The summed E-state index contributed by atoms with van der Waals surface area (Å²) in [6, 6.07) is 15.8. The van der Waals surface area contributed by atoms with Crippen LogP contribution in [0.4, 0.5) is 4.39 Å². The first-order chi connectivity index (χ1) is 14.6. The van der Waals surface area contributed by atoms with Crippen molar-refractivity contribution in [1.82, 2.24) is 20.4 Å². The van der Waals surface area contributed by atoms with Crippen molar-refractivity contribution >= 4 is 17.7 Å². The molecule has 1 aromatic heterocycles. The number of piperidine rings is 1. The van der Waals surface area contributed by atoms with Crippen LogP contribution < -0.4 is 5.32 Å². The number of H-pyrrole nitrogens is 1. The van der Waals surface area contributed by atoms with E-state index in [4.69, 9.17) is 5.26 Å². The van der Waals surface area contributed by atoms with Gasteiger partial charge in [0, 0.05) is 27.8 Å². The van der Waals surface area contributed by atoms with Gasteiger partial charge < -0.3 is 10.2 Å². The van der Waals surface area contributed by atoms with E-state index < -0.39 is 0 Å². The highest BCUT2D eigenvalue weighted by Crippen LogP contribution is 2.49. The van der Waals surface area contributed by atoms with Gasteiger partial charge in [-0.05, 0) is 42.8 Å². The van der Waals surface area contributed by atoms with Crippen LogP contribution in [-0.4, -0.2) is 39.6 Å². The van der Waals surface area contributed by atoms with Crippen LogP contribution in [0.5, 0.6) is 0 Å². The molecule has 1 aliphatic heterocycles. The number of fused-ring (bicyclic) bond motifs is 1. The number of rotatable bonds is 5. The number of likely N-dealkylation sites (tertiary alicyclic amines) is 1. The standard InChI is InChI=1S/C22H18FN5OS/c23-15-5-7-16(8-6-15)30-20-4-2-1-3-17(20)18-9-19(27-26-18)21(29)25-22-10-14(22)11-28(12-22)13-24/h1-9,14H,10-12H2,(H,25,29)(H,26,27)/t14?,22-/m0/s1. The van der Waals surface area contributed by atoms with Crippen LogP contribution in [0.25, 0.3) is 11.3 Å². The monoisotopic (exact) mass is 419 g/mol. The van der Waals surface area contributed by atoms with Gasteiger partial charge in [-0.15, -0.1) is 0 Å². The van der Waals surface area contributed by atoms with Gasteiger partial charge in [0.1, 0.15) is 11.5 Å². The molecule has 30 heavy (non-hydrogen) atoms. The summed E-state index contributed by atoms with van der Waals surface area (Å²) in [7, 11) is 0. The molecular weight excluding hydrogens is 401 g/mol. The van der Waals surface area contributed by atoms with Gasteiger partial charge in [0.05, 0.1) is 17.8 Å². The third-order valence-corrected chi connectivity index (χ3v) is 6.76. The number of carbonyl (C=O) groups excluding carboxylic acids is 1. The van der Waals surface area contributed by atoms with E-state index >= 15 is 0 Å². The minimum Gasteiger partial charge on any atom is -0.343 e. The van der Waals surface area contributed by atoms with Crippen molar-refractivity contribution in [2.24, 2.45) is 5.92 Å². The number of benzene rings is 2. The molecule has 0 bridgehead atoms. The Bertz CT molecular complexity index is 1150. The molecule has 1 saturated carbocycles. The van der Waals surface area contributed by atoms with Gasteiger partial charge in [-0.1, -0.05) is 30.0 Å². The van der Waals surface area contributed by atoms with Crippen molar-refractivity contribution in [2.45, 2.75) is 21.8 Å². The van der Waals surface area contributed by atoms with E-state index in [1.165, 1.54) is 23.9 Å². The number of nitriles is 1. The van der Waals surface area contributed by atoms with Gasteiger partial charge in [-0.3, -0.25) is 9.89 Å². The summed E-state index contributed by atoms with van der Waals surface area (Å²) in [5.41, 5.74) is 1.66. The summed E-state index contributed by atoms with van der Waals surface area (Å²) < 4.78 is 13.2. The van der Waals surface area contributed by atoms with Crippen molar-refractivity contribution in [2.75, 3.05) is 13.1 Å². The van der Waals surface area contributed by atoms with Gasteiger partial charge in [0.2, 0.25) is 0 Å². The SMILES string of the molecule is N#CN1CC2C[C@]2(NC(=O)c2cc(-c3ccccc3Sc3ccc(F)cc3)n[nH]2)C1. The molecule has 1 unspecified atom stereocenters. The van der Waals surface area contributed by atoms with E-state index in [0.29, 0.717) is 30.4 Å². The number of halogens is 1. The minimum absolute atomic E-state index is 0.209. The normalized spacial score (nSPS) is 21.7. The second-order valence-electron chi connectivity index (χ2n) is 7.71. The second kappa shape index (κ2) is 7.18. The van der Waals surface area contributed by atoms with Crippen LogP contribution in [0.3, 0.4) is 0 Å². The largest absolute Gasteiger partial charge is 0.343 e. The topological polar surface area (TPSA) is 84.8 Å². The number of nitrogens with one attached hydrogen (secondary N) is 2. The Morgan fingerprint density at radius 1 is 1.30 bits per heavy atom. The molecule has 1 aliphatic carbocycles. The molecule has 150 valence electrons. The summed E-state index contributed by atoms with van der Waals surface area (Å²) in [6.45, 7) is 1.27. The predicted molar refractivity (Wildman–Crippen MR) is 110 cm³/mol. The molecule has 8 heteroatoms. The maximum atomic E-state index is 13.2. The fourth-order valence-electron chi connectivity index (χ4n) is 4.02. The fraction of sp³-hybridized carbons (Fsp3) is 0.227. The van der Waals surface area contributed by atoms with E-state index in [1.807, 2.05) is 24.3 Å². The molecular formula is C22H18FN5OS. The zero-order chi connectivity index (χ0) is 20.7. The molecule has 1 saturated heterocycles. The van der Waals surface area contributed by atoms with E-state index in [2.05, 4.69) is 21.7 Å². The molecule has 2 aromatic carbocycles. The average Bonchev–Trinajstić information content (AvgIpc) is 3.10. The zero-order valence-corrected chi connectivity index (χ0v) is 16.7. The molecule has 2 aliphatic rings. The number of carbonyl (C=O) groups is 1. The molecule has 0 radical (unpaired) electrons. The summed E-state index contributed by atoms with van der Waals surface area (Å²) in [6.07, 6.45) is 3.07. The molecule has 0 spiro atoms. The molecule has 2 atom stereocenters. The van der Waals surface area contributed by atoms with Gasteiger partial charge in [0.25, 0.3) is 5.91 Å². The highest BCUT2D eigenvalue weighted by molar-refractivity contribution is 7.99. The summed E-state index contributed by atoms with van der Waals surface area (Å²) in [5, 5.41) is 19.3. The van der Waals surface area contributed by atoms with Gasteiger partial charge in [0.15, 0.2) is 6.19 Å². The second-order valence-corrected chi connectivity index (χ2v) is 8.83. The van der Waals surface area contributed by atoms with Crippen molar-refractivity contribution in [3.63, 3.8) is 0 Å². The number of aromatic nitrogens is 2. The highest BCUT2D eigenvalue weighted by Gasteiger charge is 2.61. The Hall–Kier alpha value is -3.31. The molecule has 5 rings (SSSR count). The minimum atomic E-state index is -0.283. The maximum absolute atomic E-state index is 13.2. The Morgan fingerprint density at radius 2 is 2.10 bits per heavy atom. The lowest BCUT2D eigenvalue weighted by molar-refractivity contribution is 0.0924. The van der Waals surface area contributed by atoms with E-state index in [-0.39, 0.29) is 17.3 Å². The third kappa shape index (κ3) is 3.42. The van der Waals surface area contributed by atoms with Crippen molar-refractivity contribution in [3.8, 4) is 17.5 Å². The van der Waals surface area contributed by atoms with Gasteiger partial charge in [-0.25, -0.2) is 4.39 Å². The predicted octanol–water partition coefficient (Wildman–Crippen LogP) is 3.65. The summed E-state index contributed by atoms with van der Waals surface area (Å²) in [4.78, 5) is 16.3. The van der Waals surface area contributed by atoms with Crippen LogP contribution in [0.15, 0.2) is 64.4 Å². The van der Waals surface area contributed by atoms with E-state index in [0.717, 1.165) is 21.8 Å². The molecule has 2 N–H and O–H groups in total. The van der Waals surface area contributed by atoms with Gasteiger partial charge >= 0.3 is 0 Å². The van der Waals surface area contributed by atoms with Crippen LogP contribution in [0.1, 0.15) is 16.9 Å². The molecule has 2 fully saturated rings. The fourth-order valence-corrected chi connectivity index (χ4v) is 4.98. The van der Waals surface area contributed by atoms with Crippen LogP contribution in [-0.2, 0) is 0 Å². The zero-order valence-electron chi connectivity index (χ0n) is 15.9. The number of hydrogen-bond donors (Lipinski definition) is 2. The first-order valence-corrected chi connectivity index (χ1v) is 10.4. The quantitative estimate of drug-likeness (QED) is 0.617. The summed E-state index contributed by atoms with van der Waals surface area (Å²) >= 11 is 1.51. The highest BCUT2D eigenvalue weighted by atomic mass is 32.2. The van der Waals surface area contributed by atoms with E-state index in [1.54, 1.807) is 23.1 Å². The number of aromatic amines is 1. The van der Waals surface area contributed by atoms with Gasteiger partial charge in [-0.2, -0.15) is 10.4 Å². The lowest BCUT2D eigenvalue weighted by Crippen LogP contribution is -2.41. The van der Waals surface area contributed by atoms with Crippen LogP contribution in [0.2, 0.25) is 0 Å². The number of hydrogen-bond acceptors (Lipinski definition) is 5. The van der Waals surface area contributed by atoms with Crippen LogP contribution in [0, 0.1) is 23.2 Å². The molecule has 2 heterocycles. The Balaban J connectivity index is 1.34. The molecule has 6 nitrogen and oxygen atoms in total. The number of amides is 1. The average molecular weight is 419 g/mol. The lowest BCUT2D eigenvalue weighted by Gasteiger charge is -2.16. The van der Waals surface area contributed by atoms with Crippen molar-refractivity contribution < 1.29 is 9.18 Å². The third-order valence-electron chi connectivity index (χ3n) is 5.68. The van der Waals surface area contributed by atoms with E-state index in [9.17, 15) is 9.18 Å². The Morgan fingerprint density at radius 3 is 2.87 bits per heavy atom. The Kier molecular flexibility index (Phi) is 4.48. The van der Waals surface area contributed by atoms with Crippen LogP contribution >= 0.6 is 11.8 Å².